The number of anilines is 1. The first-order chi connectivity index (χ1) is 7.60. The van der Waals surface area contributed by atoms with E-state index in [0.717, 1.165) is 35.6 Å². The van der Waals surface area contributed by atoms with E-state index < -0.39 is 0 Å². The van der Waals surface area contributed by atoms with Gasteiger partial charge in [-0.3, -0.25) is 4.79 Å². The molecule has 90 valence electrons. The third-order valence-electron chi connectivity index (χ3n) is 2.92. The molecule has 1 N–H and O–H groups in total. The van der Waals surface area contributed by atoms with Gasteiger partial charge in [-0.2, -0.15) is 4.37 Å². The number of ketones is 1. The highest BCUT2D eigenvalue weighted by Crippen LogP contribution is 2.25. The Morgan fingerprint density at radius 3 is 2.56 bits per heavy atom. The highest BCUT2D eigenvalue weighted by Gasteiger charge is 2.15. The van der Waals surface area contributed by atoms with Crippen LogP contribution >= 0.6 is 11.5 Å². The van der Waals surface area contributed by atoms with Crippen LogP contribution in [-0.2, 0) is 0 Å². The lowest BCUT2D eigenvalue weighted by Gasteiger charge is -2.13. The van der Waals surface area contributed by atoms with Gasteiger partial charge in [0.15, 0.2) is 5.78 Å². The average Bonchev–Trinajstić information content (AvgIpc) is 2.61. The number of hydrogen-bond acceptors (Lipinski definition) is 4. The molecule has 16 heavy (non-hydrogen) atoms. The zero-order valence-corrected chi connectivity index (χ0v) is 11.3. The minimum absolute atomic E-state index is 0.0956. The van der Waals surface area contributed by atoms with E-state index in [2.05, 4.69) is 23.5 Å². The highest BCUT2D eigenvalue weighted by molar-refractivity contribution is 7.10. The fraction of sp³-hybridized carbons (Fsp3) is 0.667. The maximum Gasteiger partial charge on any atom is 0.164 e. The predicted molar refractivity (Wildman–Crippen MR) is 69.4 cm³/mol. The van der Waals surface area contributed by atoms with E-state index in [-0.39, 0.29) is 5.78 Å². The fourth-order valence-corrected chi connectivity index (χ4v) is 2.57. The largest absolute Gasteiger partial charge is 0.375 e. The van der Waals surface area contributed by atoms with Gasteiger partial charge < -0.3 is 5.32 Å². The number of rotatable bonds is 6. The Bertz CT molecular complexity index is 356. The van der Waals surface area contributed by atoms with E-state index in [1.807, 2.05) is 6.92 Å². The van der Waals surface area contributed by atoms with E-state index in [0.29, 0.717) is 5.92 Å². The van der Waals surface area contributed by atoms with Crippen LogP contribution in [0.1, 0.15) is 49.7 Å². The number of aromatic nitrogens is 1. The molecule has 0 spiro atoms. The smallest absolute Gasteiger partial charge is 0.164 e. The van der Waals surface area contributed by atoms with Crippen LogP contribution in [0.2, 0.25) is 0 Å². The molecule has 4 heteroatoms. The van der Waals surface area contributed by atoms with Crippen molar-refractivity contribution in [1.82, 2.24) is 4.37 Å². The van der Waals surface area contributed by atoms with Crippen molar-refractivity contribution in [2.75, 3.05) is 11.9 Å². The molecule has 0 radical (unpaired) electrons. The molecule has 0 saturated heterocycles. The zero-order chi connectivity index (χ0) is 12.1. The van der Waals surface area contributed by atoms with Crippen LogP contribution < -0.4 is 5.32 Å². The second-order valence-corrected chi connectivity index (χ2v) is 4.87. The third kappa shape index (κ3) is 3.04. The summed E-state index contributed by atoms with van der Waals surface area (Å²) in [4.78, 5) is 11.5. The maximum atomic E-state index is 11.5. The van der Waals surface area contributed by atoms with Crippen molar-refractivity contribution in [3.05, 3.63) is 11.3 Å². The summed E-state index contributed by atoms with van der Waals surface area (Å²) < 4.78 is 4.23. The third-order valence-corrected chi connectivity index (χ3v) is 3.82. The van der Waals surface area contributed by atoms with E-state index in [4.69, 9.17) is 0 Å². The van der Waals surface area contributed by atoms with Gasteiger partial charge >= 0.3 is 0 Å². The number of hydrogen-bond donors (Lipinski definition) is 1. The van der Waals surface area contributed by atoms with Gasteiger partial charge in [0.1, 0.15) is 5.00 Å². The standard InChI is InChI=1S/C12H20N2OS/c1-5-10(6-2)7-13-12-11(9(4)15)8(3)14-16-12/h10,13H,5-7H2,1-4H3. The van der Waals surface area contributed by atoms with Gasteiger partial charge in [0.05, 0.1) is 11.3 Å². The topological polar surface area (TPSA) is 42.0 Å². The Balaban J connectivity index is 2.70. The van der Waals surface area contributed by atoms with Crippen LogP contribution in [-0.4, -0.2) is 16.7 Å². The second kappa shape index (κ2) is 5.99. The van der Waals surface area contributed by atoms with E-state index in [1.54, 1.807) is 6.92 Å². The number of nitrogens with zero attached hydrogens (tertiary/aromatic N) is 1. The lowest BCUT2D eigenvalue weighted by Crippen LogP contribution is -2.13. The Morgan fingerprint density at radius 1 is 1.44 bits per heavy atom. The molecule has 1 aromatic heterocycles. The Morgan fingerprint density at radius 2 is 2.06 bits per heavy atom. The van der Waals surface area contributed by atoms with Gasteiger partial charge in [0.2, 0.25) is 0 Å². The van der Waals surface area contributed by atoms with Crippen molar-refractivity contribution in [3.63, 3.8) is 0 Å². The monoisotopic (exact) mass is 240 g/mol. The number of nitrogens with one attached hydrogen (secondary N) is 1. The van der Waals surface area contributed by atoms with E-state index in [9.17, 15) is 4.79 Å². The Kier molecular flexibility index (Phi) is 4.93. The maximum absolute atomic E-state index is 11.5. The van der Waals surface area contributed by atoms with Crippen LogP contribution in [0.4, 0.5) is 5.00 Å². The molecule has 0 aliphatic heterocycles. The summed E-state index contributed by atoms with van der Waals surface area (Å²) in [5.41, 5.74) is 1.60. The van der Waals surface area contributed by atoms with Crippen molar-refractivity contribution in [2.24, 2.45) is 5.92 Å². The van der Waals surface area contributed by atoms with Crippen LogP contribution in [0.25, 0.3) is 0 Å². The number of aryl methyl sites for hydroxylation is 1. The SMILES string of the molecule is CCC(CC)CNc1snc(C)c1C(C)=O. The normalized spacial score (nSPS) is 10.8. The first kappa shape index (κ1) is 13.2. The van der Waals surface area contributed by atoms with Crippen LogP contribution in [0, 0.1) is 12.8 Å². The zero-order valence-electron chi connectivity index (χ0n) is 10.5. The quantitative estimate of drug-likeness (QED) is 0.774. The summed E-state index contributed by atoms with van der Waals surface area (Å²) in [6.45, 7) is 8.79. The molecule has 3 nitrogen and oxygen atoms in total. The van der Waals surface area contributed by atoms with Crippen molar-refractivity contribution in [1.29, 1.82) is 0 Å². The van der Waals surface area contributed by atoms with Crippen molar-refractivity contribution in [3.8, 4) is 0 Å². The minimum Gasteiger partial charge on any atom is -0.375 e. The molecular weight excluding hydrogens is 220 g/mol. The molecule has 0 unspecified atom stereocenters. The number of Topliss-reactive ketones (excluding diaryl/α,β-unsaturated/α-hetero) is 1. The van der Waals surface area contributed by atoms with Gasteiger partial charge in [0, 0.05) is 6.54 Å². The highest BCUT2D eigenvalue weighted by atomic mass is 32.1. The molecule has 0 bridgehead atoms. The second-order valence-electron chi connectivity index (χ2n) is 4.09. The Hall–Kier alpha value is -0.900. The van der Waals surface area contributed by atoms with Crippen molar-refractivity contribution < 1.29 is 4.79 Å². The number of carbonyl (C=O) groups is 1. The van der Waals surface area contributed by atoms with Gasteiger partial charge in [0.25, 0.3) is 0 Å². The summed E-state index contributed by atoms with van der Waals surface area (Å²) in [5.74, 6) is 0.764. The van der Waals surface area contributed by atoms with Gasteiger partial charge in [-0.1, -0.05) is 26.7 Å². The summed E-state index contributed by atoms with van der Waals surface area (Å²) >= 11 is 1.39. The molecule has 1 rings (SSSR count). The van der Waals surface area contributed by atoms with Gasteiger partial charge in [-0.05, 0) is 31.3 Å². The summed E-state index contributed by atoms with van der Waals surface area (Å²) in [7, 11) is 0. The fourth-order valence-electron chi connectivity index (χ4n) is 1.72. The lowest BCUT2D eigenvalue weighted by atomic mass is 10.0. The van der Waals surface area contributed by atoms with Crippen LogP contribution in [0.3, 0.4) is 0 Å². The molecular formula is C12H20N2OS. The van der Waals surface area contributed by atoms with E-state index in [1.165, 1.54) is 11.5 Å². The van der Waals surface area contributed by atoms with Crippen LogP contribution in [0.5, 0.6) is 0 Å². The molecule has 0 aliphatic rings. The minimum atomic E-state index is 0.0956. The molecule has 0 aromatic carbocycles. The summed E-state index contributed by atoms with van der Waals surface area (Å²) in [5, 5.41) is 4.28. The van der Waals surface area contributed by atoms with Gasteiger partial charge in [-0.25, -0.2) is 0 Å². The van der Waals surface area contributed by atoms with Crippen LogP contribution in [0.15, 0.2) is 0 Å². The molecule has 0 fully saturated rings. The lowest BCUT2D eigenvalue weighted by molar-refractivity contribution is 0.101. The molecule has 0 amide bonds. The molecule has 0 aliphatic carbocycles. The molecule has 0 saturated carbocycles. The number of carbonyl (C=O) groups excluding carboxylic acids is 1. The van der Waals surface area contributed by atoms with Crippen molar-refractivity contribution in [2.45, 2.75) is 40.5 Å². The van der Waals surface area contributed by atoms with E-state index >= 15 is 0 Å². The average molecular weight is 240 g/mol. The summed E-state index contributed by atoms with van der Waals surface area (Å²) in [6.07, 6.45) is 2.33. The Labute approximate surface area is 101 Å². The molecule has 1 heterocycles. The molecule has 1 aromatic rings. The predicted octanol–water partition coefficient (Wildman–Crippen LogP) is 3.50. The first-order valence-corrected chi connectivity index (χ1v) is 6.58. The van der Waals surface area contributed by atoms with Crippen molar-refractivity contribution >= 4 is 22.3 Å². The first-order valence-electron chi connectivity index (χ1n) is 5.81. The van der Waals surface area contributed by atoms with Gasteiger partial charge in [-0.15, -0.1) is 0 Å². The molecule has 0 atom stereocenters. The summed E-state index contributed by atoms with van der Waals surface area (Å²) in [6, 6.07) is 0.